The smallest absolute Gasteiger partial charge is 0.243 e. The fourth-order valence-corrected chi connectivity index (χ4v) is 2.35. The van der Waals surface area contributed by atoms with Gasteiger partial charge in [0.25, 0.3) is 0 Å². The van der Waals surface area contributed by atoms with Crippen LogP contribution >= 0.6 is 0 Å². The molecule has 0 radical (unpaired) electrons. The van der Waals surface area contributed by atoms with E-state index in [1.54, 1.807) is 0 Å². The molecule has 18 heavy (non-hydrogen) atoms. The van der Waals surface area contributed by atoms with E-state index in [0.29, 0.717) is 5.95 Å². The molecule has 1 aliphatic heterocycles. The Labute approximate surface area is 106 Å². The van der Waals surface area contributed by atoms with Crippen LogP contribution in [0.3, 0.4) is 0 Å². The lowest BCUT2D eigenvalue weighted by Crippen LogP contribution is -2.41. The highest BCUT2D eigenvalue weighted by atomic mass is 16.5. The molecule has 5 heteroatoms. The summed E-state index contributed by atoms with van der Waals surface area (Å²) in [6.07, 6.45) is 3.06. The molecule has 1 N–H and O–H groups in total. The highest BCUT2D eigenvalue weighted by Gasteiger charge is 2.37. The van der Waals surface area contributed by atoms with Gasteiger partial charge in [0.15, 0.2) is 5.65 Å². The van der Waals surface area contributed by atoms with Gasteiger partial charge in [-0.05, 0) is 38.8 Å². The molecule has 0 amide bonds. The fraction of sp³-hybridized carbons (Fsp3) is 0.538. The van der Waals surface area contributed by atoms with Gasteiger partial charge in [-0.1, -0.05) is 6.07 Å². The zero-order valence-electron chi connectivity index (χ0n) is 11.0. The van der Waals surface area contributed by atoms with Gasteiger partial charge in [-0.25, -0.2) is 4.52 Å². The predicted octanol–water partition coefficient (Wildman–Crippen LogP) is 2.02. The van der Waals surface area contributed by atoms with Crippen LogP contribution in [-0.4, -0.2) is 32.8 Å². The maximum atomic E-state index is 5.61. The van der Waals surface area contributed by atoms with Crippen molar-refractivity contribution in [2.75, 3.05) is 11.9 Å². The van der Waals surface area contributed by atoms with Crippen molar-refractivity contribution in [1.82, 2.24) is 14.6 Å². The topological polar surface area (TPSA) is 51.5 Å². The molecule has 2 atom stereocenters. The van der Waals surface area contributed by atoms with Crippen LogP contribution in [0.1, 0.15) is 25.8 Å². The molecule has 2 aromatic heterocycles. The van der Waals surface area contributed by atoms with E-state index < -0.39 is 0 Å². The highest BCUT2D eigenvalue weighted by molar-refractivity contribution is 5.50. The standard InChI is InChI=1S/C13H18N4O/c1-9-5-4-7-17-11(9)14-12(16-17)15-13(3)6-8-18-10(13)2/h4-5,7,10H,6,8H2,1-3H3,(H,15,16). The summed E-state index contributed by atoms with van der Waals surface area (Å²) in [5.41, 5.74) is 1.94. The second-order valence-electron chi connectivity index (χ2n) is 5.20. The molecule has 96 valence electrons. The van der Waals surface area contributed by atoms with E-state index >= 15 is 0 Å². The molecule has 0 bridgehead atoms. The van der Waals surface area contributed by atoms with Crippen LogP contribution in [0, 0.1) is 6.92 Å². The number of aryl methyl sites for hydroxylation is 1. The van der Waals surface area contributed by atoms with Gasteiger partial charge < -0.3 is 10.1 Å². The number of nitrogens with one attached hydrogen (secondary N) is 1. The summed E-state index contributed by atoms with van der Waals surface area (Å²) < 4.78 is 7.42. The van der Waals surface area contributed by atoms with E-state index in [1.807, 2.05) is 29.8 Å². The Hall–Kier alpha value is -1.62. The fourth-order valence-electron chi connectivity index (χ4n) is 2.35. The van der Waals surface area contributed by atoms with Gasteiger partial charge in [0.05, 0.1) is 11.6 Å². The molecule has 5 nitrogen and oxygen atoms in total. The number of aromatic nitrogens is 3. The lowest BCUT2D eigenvalue weighted by Gasteiger charge is -2.27. The molecule has 0 spiro atoms. The first-order valence-corrected chi connectivity index (χ1v) is 6.30. The van der Waals surface area contributed by atoms with Gasteiger partial charge in [-0.15, -0.1) is 5.10 Å². The largest absolute Gasteiger partial charge is 0.376 e. The lowest BCUT2D eigenvalue weighted by atomic mass is 9.95. The Morgan fingerprint density at radius 1 is 1.56 bits per heavy atom. The summed E-state index contributed by atoms with van der Waals surface area (Å²) >= 11 is 0. The summed E-state index contributed by atoms with van der Waals surface area (Å²) in [6, 6.07) is 4.01. The summed E-state index contributed by atoms with van der Waals surface area (Å²) in [5.74, 6) is 0.671. The van der Waals surface area contributed by atoms with E-state index in [0.717, 1.165) is 24.2 Å². The quantitative estimate of drug-likeness (QED) is 0.880. The zero-order valence-corrected chi connectivity index (χ0v) is 11.0. The van der Waals surface area contributed by atoms with Crippen molar-refractivity contribution in [3.05, 3.63) is 23.9 Å². The number of anilines is 1. The number of hydrogen-bond donors (Lipinski definition) is 1. The van der Waals surface area contributed by atoms with Gasteiger partial charge in [0.2, 0.25) is 5.95 Å². The molecule has 2 unspecified atom stereocenters. The van der Waals surface area contributed by atoms with Crippen LogP contribution in [-0.2, 0) is 4.74 Å². The molecule has 1 aliphatic rings. The Bertz CT molecular complexity index is 579. The minimum atomic E-state index is -0.0845. The maximum Gasteiger partial charge on any atom is 0.243 e. The number of hydrogen-bond acceptors (Lipinski definition) is 4. The minimum Gasteiger partial charge on any atom is -0.376 e. The third-order valence-electron chi connectivity index (χ3n) is 3.84. The molecular formula is C13H18N4O. The predicted molar refractivity (Wildman–Crippen MR) is 69.8 cm³/mol. The molecule has 0 aliphatic carbocycles. The molecule has 0 saturated carbocycles. The molecule has 2 aromatic rings. The van der Waals surface area contributed by atoms with Crippen LogP contribution in [0.2, 0.25) is 0 Å². The number of fused-ring (bicyclic) bond motifs is 1. The van der Waals surface area contributed by atoms with Crippen molar-refractivity contribution in [2.45, 2.75) is 38.8 Å². The normalized spacial score (nSPS) is 27.8. The van der Waals surface area contributed by atoms with E-state index in [1.165, 1.54) is 0 Å². The van der Waals surface area contributed by atoms with Crippen molar-refractivity contribution in [3.63, 3.8) is 0 Å². The minimum absolute atomic E-state index is 0.0845. The SMILES string of the molecule is Cc1cccn2nc(NC3(C)CCOC3C)nc12. The van der Waals surface area contributed by atoms with Crippen molar-refractivity contribution in [1.29, 1.82) is 0 Å². The van der Waals surface area contributed by atoms with Gasteiger partial charge >= 0.3 is 0 Å². The molecule has 3 heterocycles. The average Bonchev–Trinajstić information content (AvgIpc) is 2.85. The van der Waals surface area contributed by atoms with Gasteiger partial charge in [-0.3, -0.25) is 0 Å². The van der Waals surface area contributed by atoms with Crippen molar-refractivity contribution in [2.24, 2.45) is 0 Å². The molecule has 1 fully saturated rings. The number of ether oxygens (including phenoxy) is 1. The third kappa shape index (κ3) is 1.75. The average molecular weight is 246 g/mol. The van der Waals surface area contributed by atoms with Crippen LogP contribution in [0.15, 0.2) is 18.3 Å². The zero-order chi connectivity index (χ0) is 12.8. The second-order valence-corrected chi connectivity index (χ2v) is 5.20. The van der Waals surface area contributed by atoms with Gasteiger partial charge in [0.1, 0.15) is 0 Å². The number of rotatable bonds is 2. The van der Waals surface area contributed by atoms with Gasteiger partial charge in [-0.2, -0.15) is 4.98 Å². The first kappa shape index (κ1) is 11.5. The van der Waals surface area contributed by atoms with Crippen molar-refractivity contribution < 1.29 is 4.74 Å². The third-order valence-corrected chi connectivity index (χ3v) is 3.84. The number of pyridine rings is 1. The van der Waals surface area contributed by atoms with Crippen LogP contribution in [0.4, 0.5) is 5.95 Å². The maximum absolute atomic E-state index is 5.61. The van der Waals surface area contributed by atoms with Crippen LogP contribution in [0.5, 0.6) is 0 Å². The summed E-state index contributed by atoms with van der Waals surface area (Å²) in [6.45, 7) is 7.07. The molecule has 1 saturated heterocycles. The van der Waals surface area contributed by atoms with E-state index in [4.69, 9.17) is 4.74 Å². The number of nitrogens with zero attached hydrogens (tertiary/aromatic N) is 3. The Morgan fingerprint density at radius 3 is 3.06 bits per heavy atom. The van der Waals surface area contributed by atoms with E-state index in [2.05, 4.69) is 29.2 Å². The molecule has 0 aromatic carbocycles. The Balaban J connectivity index is 1.93. The van der Waals surface area contributed by atoms with Gasteiger partial charge in [0, 0.05) is 12.8 Å². The van der Waals surface area contributed by atoms with Crippen LogP contribution in [0.25, 0.3) is 5.65 Å². The second kappa shape index (κ2) is 3.95. The van der Waals surface area contributed by atoms with Crippen molar-refractivity contribution >= 4 is 11.6 Å². The lowest BCUT2D eigenvalue weighted by molar-refractivity contribution is 0.105. The summed E-state index contributed by atoms with van der Waals surface area (Å²) in [7, 11) is 0. The first-order chi connectivity index (χ1) is 8.58. The Morgan fingerprint density at radius 2 is 2.39 bits per heavy atom. The molecule has 3 rings (SSSR count). The Kier molecular flexibility index (Phi) is 2.52. The first-order valence-electron chi connectivity index (χ1n) is 6.30. The van der Waals surface area contributed by atoms with E-state index in [-0.39, 0.29) is 11.6 Å². The van der Waals surface area contributed by atoms with E-state index in [9.17, 15) is 0 Å². The monoisotopic (exact) mass is 246 g/mol. The highest BCUT2D eigenvalue weighted by Crippen LogP contribution is 2.28. The molecular weight excluding hydrogens is 228 g/mol. The van der Waals surface area contributed by atoms with Crippen LogP contribution < -0.4 is 5.32 Å². The summed E-state index contributed by atoms with van der Waals surface area (Å²) in [5, 5.41) is 7.87. The summed E-state index contributed by atoms with van der Waals surface area (Å²) in [4.78, 5) is 4.54. The van der Waals surface area contributed by atoms with Crippen molar-refractivity contribution in [3.8, 4) is 0 Å².